The molecule has 0 aliphatic carbocycles. The second kappa shape index (κ2) is 7.19. The number of nitrogens with one attached hydrogen (secondary N) is 1. The van der Waals surface area contributed by atoms with Crippen molar-refractivity contribution in [2.45, 2.75) is 25.5 Å². The van der Waals surface area contributed by atoms with Crippen LogP contribution >= 0.6 is 0 Å². The lowest BCUT2D eigenvalue weighted by Gasteiger charge is -2.30. The lowest BCUT2D eigenvalue weighted by Crippen LogP contribution is -2.46. The Kier molecular flexibility index (Phi) is 5.52. The van der Waals surface area contributed by atoms with E-state index in [-0.39, 0.29) is 12.6 Å². The molecular formula is C14H21N3O4S. The van der Waals surface area contributed by atoms with Crippen molar-refractivity contribution in [1.82, 2.24) is 9.03 Å². The summed E-state index contributed by atoms with van der Waals surface area (Å²) in [7, 11) is -1.86. The number of carbonyl (C=O) groups excluding carboxylic acids is 1. The number of nitrogens with zero attached hydrogens (tertiary/aromatic N) is 1. The van der Waals surface area contributed by atoms with E-state index < -0.39 is 16.1 Å². The molecule has 2 rings (SSSR count). The van der Waals surface area contributed by atoms with E-state index in [0.29, 0.717) is 31.5 Å². The Hall–Kier alpha value is -1.48. The fourth-order valence-corrected chi connectivity index (χ4v) is 3.58. The number of methoxy groups -OCH3 is 1. The lowest BCUT2D eigenvalue weighted by atomic mass is 10.1. The monoisotopic (exact) mass is 327 g/mol. The third-order valence-corrected chi connectivity index (χ3v) is 5.33. The van der Waals surface area contributed by atoms with Crippen LogP contribution in [0.1, 0.15) is 28.8 Å². The molecule has 122 valence electrons. The average molecular weight is 327 g/mol. The second-order valence-corrected chi connectivity index (χ2v) is 6.98. The van der Waals surface area contributed by atoms with Gasteiger partial charge >= 0.3 is 0 Å². The number of hydrogen-bond acceptors (Lipinski definition) is 4. The zero-order valence-corrected chi connectivity index (χ0v) is 13.3. The first-order valence-corrected chi connectivity index (χ1v) is 8.52. The Balaban J connectivity index is 1.91. The number of nitrogens with two attached hydrogens (primary N) is 1. The standard InChI is InChI=1S/C14H21N3O4S/c1-21-13-6-8-17(9-7-13)22(19,20)16-10-11-2-4-12(5-3-11)14(15)18/h2-5,13,16H,6-10H2,1H3,(H2,15,18). The van der Waals surface area contributed by atoms with E-state index >= 15 is 0 Å². The molecule has 0 unspecified atom stereocenters. The maximum absolute atomic E-state index is 12.2. The van der Waals surface area contributed by atoms with Gasteiger partial charge in [0.2, 0.25) is 5.91 Å². The van der Waals surface area contributed by atoms with Crippen LogP contribution in [0.5, 0.6) is 0 Å². The Morgan fingerprint density at radius 2 is 1.91 bits per heavy atom. The van der Waals surface area contributed by atoms with Gasteiger partial charge in [0.25, 0.3) is 10.2 Å². The number of primary amides is 1. The SMILES string of the molecule is COC1CCN(S(=O)(=O)NCc2ccc(C(N)=O)cc2)CC1. The molecule has 1 fully saturated rings. The van der Waals surface area contributed by atoms with Gasteiger partial charge in [-0.15, -0.1) is 0 Å². The molecule has 1 heterocycles. The lowest BCUT2D eigenvalue weighted by molar-refractivity contribution is 0.0602. The highest BCUT2D eigenvalue weighted by molar-refractivity contribution is 7.87. The fourth-order valence-electron chi connectivity index (χ4n) is 2.36. The maximum atomic E-state index is 12.2. The van der Waals surface area contributed by atoms with Crippen LogP contribution in [0.2, 0.25) is 0 Å². The molecule has 1 amide bonds. The van der Waals surface area contributed by atoms with E-state index in [1.54, 1.807) is 31.4 Å². The van der Waals surface area contributed by atoms with Crippen LogP contribution in [-0.2, 0) is 21.5 Å². The third-order valence-electron chi connectivity index (χ3n) is 3.77. The molecule has 7 nitrogen and oxygen atoms in total. The highest BCUT2D eigenvalue weighted by atomic mass is 32.2. The van der Waals surface area contributed by atoms with Gasteiger partial charge in [-0.05, 0) is 30.5 Å². The molecule has 0 aromatic heterocycles. The number of rotatable bonds is 6. The summed E-state index contributed by atoms with van der Waals surface area (Å²) >= 11 is 0. The molecule has 0 atom stereocenters. The second-order valence-electron chi connectivity index (χ2n) is 5.22. The molecule has 1 saturated heterocycles. The molecule has 1 aromatic carbocycles. The van der Waals surface area contributed by atoms with Crippen LogP contribution in [0.25, 0.3) is 0 Å². The van der Waals surface area contributed by atoms with Crippen molar-refractivity contribution in [3.63, 3.8) is 0 Å². The summed E-state index contributed by atoms with van der Waals surface area (Å²) in [4.78, 5) is 11.0. The molecule has 3 N–H and O–H groups in total. The third kappa shape index (κ3) is 4.26. The Morgan fingerprint density at radius 3 is 2.41 bits per heavy atom. The van der Waals surface area contributed by atoms with Crippen molar-refractivity contribution in [3.8, 4) is 0 Å². The largest absolute Gasteiger partial charge is 0.381 e. The zero-order chi connectivity index (χ0) is 16.2. The molecule has 1 aromatic rings. The van der Waals surface area contributed by atoms with E-state index in [2.05, 4.69) is 4.72 Å². The Morgan fingerprint density at radius 1 is 1.32 bits per heavy atom. The highest BCUT2D eigenvalue weighted by Gasteiger charge is 2.27. The summed E-state index contributed by atoms with van der Waals surface area (Å²) in [5.74, 6) is -0.506. The summed E-state index contributed by atoms with van der Waals surface area (Å²) in [6.45, 7) is 1.08. The van der Waals surface area contributed by atoms with Gasteiger partial charge in [0.1, 0.15) is 0 Å². The van der Waals surface area contributed by atoms with E-state index in [9.17, 15) is 13.2 Å². The molecule has 1 aliphatic heterocycles. The van der Waals surface area contributed by atoms with Gasteiger partial charge in [-0.25, -0.2) is 0 Å². The average Bonchev–Trinajstić information content (AvgIpc) is 2.53. The number of benzene rings is 1. The summed E-state index contributed by atoms with van der Waals surface area (Å²) in [5, 5.41) is 0. The number of amides is 1. The molecular weight excluding hydrogens is 306 g/mol. The van der Waals surface area contributed by atoms with Crippen molar-refractivity contribution >= 4 is 16.1 Å². The molecule has 8 heteroatoms. The van der Waals surface area contributed by atoms with E-state index in [0.717, 1.165) is 5.56 Å². The van der Waals surface area contributed by atoms with Gasteiger partial charge in [0, 0.05) is 32.3 Å². The highest BCUT2D eigenvalue weighted by Crippen LogP contribution is 2.15. The quantitative estimate of drug-likeness (QED) is 0.781. The van der Waals surface area contributed by atoms with Gasteiger partial charge in [-0.1, -0.05) is 12.1 Å². The van der Waals surface area contributed by atoms with E-state index in [1.165, 1.54) is 4.31 Å². The van der Waals surface area contributed by atoms with Crippen molar-refractivity contribution in [3.05, 3.63) is 35.4 Å². The Labute approximate surface area is 130 Å². The first kappa shape index (κ1) is 16.9. The summed E-state index contributed by atoms with van der Waals surface area (Å²) in [6, 6.07) is 6.52. The smallest absolute Gasteiger partial charge is 0.279 e. The van der Waals surface area contributed by atoms with Crippen LogP contribution in [0.4, 0.5) is 0 Å². The summed E-state index contributed by atoms with van der Waals surface area (Å²) < 4.78 is 33.7. The summed E-state index contributed by atoms with van der Waals surface area (Å²) in [6.07, 6.45) is 1.53. The molecule has 0 bridgehead atoms. The maximum Gasteiger partial charge on any atom is 0.279 e. The topological polar surface area (TPSA) is 102 Å². The van der Waals surface area contributed by atoms with Gasteiger partial charge in [0.15, 0.2) is 0 Å². The minimum atomic E-state index is -3.50. The van der Waals surface area contributed by atoms with Crippen LogP contribution in [-0.4, -0.2) is 44.9 Å². The van der Waals surface area contributed by atoms with Crippen LogP contribution < -0.4 is 10.5 Å². The Bertz CT molecular complexity index is 607. The van der Waals surface area contributed by atoms with Gasteiger partial charge in [-0.3, -0.25) is 4.79 Å². The van der Waals surface area contributed by atoms with Crippen molar-refractivity contribution in [2.24, 2.45) is 5.73 Å². The van der Waals surface area contributed by atoms with Crippen molar-refractivity contribution in [1.29, 1.82) is 0 Å². The molecule has 0 radical (unpaired) electrons. The van der Waals surface area contributed by atoms with Crippen LogP contribution in [0.15, 0.2) is 24.3 Å². The minimum absolute atomic E-state index is 0.132. The number of carbonyl (C=O) groups is 1. The molecule has 1 aliphatic rings. The number of ether oxygens (including phenoxy) is 1. The summed E-state index contributed by atoms with van der Waals surface area (Å²) in [5.41, 5.74) is 6.32. The number of hydrogen-bond donors (Lipinski definition) is 2. The predicted molar refractivity (Wildman–Crippen MR) is 82.3 cm³/mol. The normalized spacial score (nSPS) is 17.5. The molecule has 0 saturated carbocycles. The fraction of sp³-hybridized carbons (Fsp3) is 0.500. The van der Waals surface area contributed by atoms with E-state index in [1.807, 2.05) is 0 Å². The van der Waals surface area contributed by atoms with Crippen LogP contribution in [0, 0.1) is 0 Å². The number of piperidine rings is 1. The molecule has 22 heavy (non-hydrogen) atoms. The van der Waals surface area contributed by atoms with Crippen molar-refractivity contribution < 1.29 is 17.9 Å². The van der Waals surface area contributed by atoms with Crippen LogP contribution in [0.3, 0.4) is 0 Å². The minimum Gasteiger partial charge on any atom is -0.381 e. The van der Waals surface area contributed by atoms with Gasteiger partial charge in [-0.2, -0.15) is 17.4 Å². The first-order chi connectivity index (χ1) is 10.4. The molecule has 0 spiro atoms. The van der Waals surface area contributed by atoms with Crippen molar-refractivity contribution in [2.75, 3.05) is 20.2 Å². The van der Waals surface area contributed by atoms with Gasteiger partial charge < -0.3 is 10.5 Å². The predicted octanol–water partition coefficient (Wildman–Crippen LogP) is 0.231. The van der Waals surface area contributed by atoms with Gasteiger partial charge in [0.05, 0.1) is 6.10 Å². The zero-order valence-electron chi connectivity index (χ0n) is 12.5. The first-order valence-electron chi connectivity index (χ1n) is 7.08. The van der Waals surface area contributed by atoms with E-state index in [4.69, 9.17) is 10.5 Å².